The second kappa shape index (κ2) is 2.45. The molecule has 0 aromatic carbocycles. The molecule has 0 fully saturated rings. The van der Waals surface area contributed by atoms with Gasteiger partial charge in [-0.25, -0.2) is 0 Å². The number of carbonyl (C=O) groups is 1. The third-order valence-corrected chi connectivity index (χ3v) is 2.04. The molecule has 0 spiro atoms. The minimum absolute atomic E-state index is 0.585. The molecule has 1 aliphatic carbocycles. The van der Waals surface area contributed by atoms with Gasteiger partial charge in [0.2, 0.25) is 0 Å². The van der Waals surface area contributed by atoms with Gasteiger partial charge >= 0.3 is 5.97 Å². The predicted molar refractivity (Wildman–Crippen MR) is 38.7 cm³/mol. The van der Waals surface area contributed by atoms with Crippen LogP contribution in [0, 0.1) is 5.41 Å². The van der Waals surface area contributed by atoms with E-state index in [-0.39, 0.29) is 0 Å². The second-order valence-corrected chi connectivity index (χ2v) is 3.02. The topological polar surface area (TPSA) is 37.3 Å². The van der Waals surface area contributed by atoms with E-state index in [1.807, 2.05) is 6.08 Å². The Balaban J connectivity index is 2.75. The Labute approximate surface area is 60.6 Å². The molecule has 0 saturated heterocycles. The van der Waals surface area contributed by atoms with Crippen molar-refractivity contribution in [1.82, 2.24) is 0 Å². The van der Waals surface area contributed by atoms with E-state index in [4.69, 9.17) is 5.11 Å². The third-order valence-electron chi connectivity index (χ3n) is 2.04. The van der Waals surface area contributed by atoms with E-state index in [0.717, 1.165) is 19.3 Å². The highest BCUT2D eigenvalue weighted by Gasteiger charge is 2.30. The molecule has 0 amide bonds. The van der Waals surface area contributed by atoms with Crippen LogP contribution in [-0.2, 0) is 4.79 Å². The van der Waals surface area contributed by atoms with Crippen LogP contribution in [0.3, 0.4) is 0 Å². The normalized spacial score (nSPS) is 32.1. The summed E-state index contributed by atoms with van der Waals surface area (Å²) in [5.74, 6) is -0.705. The van der Waals surface area contributed by atoms with Gasteiger partial charge in [-0.2, -0.15) is 0 Å². The molecule has 0 aromatic heterocycles. The molecular weight excluding hydrogens is 128 g/mol. The van der Waals surface area contributed by atoms with E-state index in [0.29, 0.717) is 0 Å². The fourth-order valence-electron chi connectivity index (χ4n) is 1.19. The maximum Gasteiger partial charge on any atom is 0.313 e. The zero-order chi connectivity index (χ0) is 7.61. The first-order valence-corrected chi connectivity index (χ1v) is 3.56. The van der Waals surface area contributed by atoms with Gasteiger partial charge in [-0.15, -0.1) is 0 Å². The van der Waals surface area contributed by atoms with Crippen molar-refractivity contribution in [3.8, 4) is 0 Å². The lowest BCUT2D eigenvalue weighted by Gasteiger charge is -2.23. The molecule has 1 rings (SSSR count). The highest BCUT2D eigenvalue weighted by atomic mass is 16.4. The van der Waals surface area contributed by atoms with Crippen molar-refractivity contribution in [2.45, 2.75) is 26.2 Å². The van der Waals surface area contributed by atoms with Crippen molar-refractivity contribution < 1.29 is 9.90 Å². The van der Waals surface area contributed by atoms with Gasteiger partial charge < -0.3 is 5.11 Å². The van der Waals surface area contributed by atoms with Crippen LogP contribution in [0.1, 0.15) is 26.2 Å². The highest BCUT2D eigenvalue weighted by molar-refractivity contribution is 5.76. The van der Waals surface area contributed by atoms with Gasteiger partial charge in [-0.3, -0.25) is 4.79 Å². The predicted octanol–water partition coefficient (Wildman–Crippen LogP) is 1.82. The minimum atomic E-state index is -0.705. The number of rotatable bonds is 1. The Kier molecular flexibility index (Phi) is 1.79. The summed E-state index contributed by atoms with van der Waals surface area (Å²) in [6, 6.07) is 0. The van der Waals surface area contributed by atoms with Crippen LogP contribution in [0.4, 0.5) is 0 Å². The summed E-state index contributed by atoms with van der Waals surface area (Å²) in [6.45, 7) is 1.77. The molecule has 2 heteroatoms. The van der Waals surface area contributed by atoms with Gasteiger partial charge in [-0.05, 0) is 26.2 Å². The molecule has 2 nitrogen and oxygen atoms in total. The van der Waals surface area contributed by atoms with Crippen LogP contribution in [0.5, 0.6) is 0 Å². The molecule has 0 saturated carbocycles. The first kappa shape index (κ1) is 7.32. The van der Waals surface area contributed by atoms with Crippen LogP contribution < -0.4 is 0 Å². The quantitative estimate of drug-likeness (QED) is 0.564. The molecule has 0 unspecified atom stereocenters. The lowest BCUT2D eigenvalue weighted by atomic mass is 9.81. The van der Waals surface area contributed by atoms with Crippen molar-refractivity contribution in [3.05, 3.63) is 12.2 Å². The molecule has 10 heavy (non-hydrogen) atoms. The SMILES string of the molecule is C[C@@]1(C(=O)O)C=CCCC1. The van der Waals surface area contributed by atoms with E-state index in [1.54, 1.807) is 13.0 Å². The first-order chi connectivity index (χ1) is 4.65. The van der Waals surface area contributed by atoms with Gasteiger partial charge in [0.1, 0.15) is 0 Å². The number of allylic oxidation sites excluding steroid dienone is 1. The number of hydrogen-bond acceptors (Lipinski definition) is 1. The van der Waals surface area contributed by atoms with E-state index in [1.165, 1.54) is 0 Å². The van der Waals surface area contributed by atoms with Crippen LogP contribution in [0.2, 0.25) is 0 Å². The summed E-state index contributed by atoms with van der Waals surface area (Å²) >= 11 is 0. The van der Waals surface area contributed by atoms with E-state index in [2.05, 4.69) is 0 Å². The summed E-state index contributed by atoms with van der Waals surface area (Å²) in [5.41, 5.74) is -0.585. The zero-order valence-electron chi connectivity index (χ0n) is 6.13. The first-order valence-electron chi connectivity index (χ1n) is 3.56. The van der Waals surface area contributed by atoms with E-state index in [9.17, 15) is 4.79 Å². The Bertz CT molecular complexity index is 172. The zero-order valence-corrected chi connectivity index (χ0v) is 6.13. The number of carboxylic acid groups (broad SMARTS) is 1. The van der Waals surface area contributed by atoms with Crippen molar-refractivity contribution in [2.75, 3.05) is 0 Å². The van der Waals surface area contributed by atoms with Crippen molar-refractivity contribution in [2.24, 2.45) is 5.41 Å². The fraction of sp³-hybridized carbons (Fsp3) is 0.625. The van der Waals surface area contributed by atoms with Gasteiger partial charge in [0, 0.05) is 0 Å². The smallest absolute Gasteiger partial charge is 0.313 e. The second-order valence-electron chi connectivity index (χ2n) is 3.02. The monoisotopic (exact) mass is 140 g/mol. The number of hydrogen-bond donors (Lipinski definition) is 1. The lowest BCUT2D eigenvalue weighted by Crippen LogP contribution is -2.26. The van der Waals surface area contributed by atoms with Gasteiger partial charge in [0.25, 0.3) is 0 Å². The summed E-state index contributed by atoms with van der Waals surface area (Å²) < 4.78 is 0. The van der Waals surface area contributed by atoms with Crippen LogP contribution in [0.15, 0.2) is 12.2 Å². The molecule has 0 aromatic rings. The molecular formula is C8H12O2. The van der Waals surface area contributed by atoms with E-state index < -0.39 is 11.4 Å². The highest BCUT2D eigenvalue weighted by Crippen LogP contribution is 2.30. The Hall–Kier alpha value is -0.790. The maximum atomic E-state index is 10.6. The van der Waals surface area contributed by atoms with Crippen molar-refractivity contribution in [1.29, 1.82) is 0 Å². The van der Waals surface area contributed by atoms with E-state index >= 15 is 0 Å². The van der Waals surface area contributed by atoms with Gasteiger partial charge in [-0.1, -0.05) is 12.2 Å². The van der Waals surface area contributed by atoms with Crippen molar-refractivity contribution >= 4 is 5.97 Å². The molecule has 0 aliphatic heterocycles. The summed E-state index contributed by atoms with van der Waals surface area (Å²) in [5, 5.41) is 8.75. The fourth-order valence-corrected chi connectivity index (χ4v) is 1.19. The standard InChI is InChI=1S/C8H12O2/c1-8(7(9)10)5-3-2-4-6-8/h3,5H,2,4,6H2,1H3,(H,9,10)/t8-/m1/s1. The average molecular weight is 140 g/mol. The number of aliphatic carboxylic acids is 1. The molecule has 1 aliphatic rings. The van der Waals surface area contributed by atoms with Gasteiger partial charge in [0.15, 0.2) is 0 Å². The minimum Gasteiger partial charge on any atom is -0.481 e. The van der Waals surface area contributed by atoms with Crippen molar-refractivity contribution in [3.63, 3.8) is 0 Å². The van der Waals surface area contributed by atoms with Gasteiger partial charge in [0.05, 0.1) is 5.41 Å². The molecule has 0 bridgehead atoms. The summed E-state index contributed by atoms with van der Waals surface area (Å²) in [4.78, 5) is 10.6. The molecule has 0 heterocycles. The van der Waals surface area contributed by atoms with Crippen LogP contribution in [-0.4, -0.2) is 11.1 Å². The van der Waals surface area contributed by atoms with Crippen LogP contribution >= 0.6 is 0 Å². The third kappa shape index (κ3) is 1.20. The average Bonchev–Trinajstić information content (AvgIpc) is 1.89. The Morgan fingerprint density at radius 1 is 1.70 bits per heavy atom. The number of carboxylic acids is 1. The molecule has 1 N–H and O–H groups in total. The molecule has 56 valence electrons. The summed E-state index contributed by atoms with van der Waals surface area (Å²) in [7, 11) is 0. The molecule has 1 atom stereocenters. The largest absolute Gasteiger partial charge is 0.481 e. The Morgan fingerprint density at radius 3 is 2.70 bits per heavy atom. The van der Waals surface area contributed by atoms with Crippen LogP contribution in [0.25, 0.3) is 0 Å². The lowest BCUT2D eigenvalue weighted by molar-refractivity contribution is -0.145. The Morgan fingerprint density at radius 2 is 2.40 bits per heavy atom. The molecule has 0 radical (unpaired) electrons. The summed E-state index contributed by atoms with van der Waals surface area (Å²) in [6.07, 6.45) is 6.57. The maximum absolute atomic E-state index is 10.6.